The Morgan fingerprint density at radius 2 is 1.41 bits per heavy atom. The van der Waals surface area contributed by atoms with Gasteiger partial charge in [-0.3, -0.25) is 0 Å². The number of halogens is 8. The van der Waals surface area contributed by atoms with E-state index in [1.807, 2.05) is 0 Å². The Hall–Kier alpha value is -1.04. The predicted molar refractivity (Wildman–Crippen MR) is 76.9 cm³/mol. The Labute approximate surface area is 137 Å². The summed E-state index contributed by atoms with van der Waals surface area (Å²) in [6.07, 6.45) is -8.17. The van der Waals surface area contributed by atoms with Gasteiger partial charge in [0.25, 0.3) is 6.43 Å². The number of hydrogen-bond donors (Lipinski definition) is 0. The Kier molecular flexibility index (Phi) is 4.90. The van der Waals surface area contributed by atoms with Gasteiger partial charge in [0.15, 0.2) is 0 Å². The molecule has 2 rings (SSSR count). The molecule has 0 aliphatic carbocycles. The fourth-order valence-corrected chi connectivity index (χ4v) is 3.01. The van der Waals surface area contributed by atoms with Gasteiger partial charge in [0.2, 0.25) is 0 Å². The molecule has 0 N–H and O–H groups in total. The van der Waals surface area contributed by atoms with Crippen molar-refractivity contribution < 1.29 is 22.0 Å². The van der Waals surface area contributed by atoms with Crippen LogP contribution in [0.5, 0.6) is 0 Å². The average molecular weight is 376 g/mol. The van der Waals surface area contributed by atoms with Crippen LogP contribution in [-0.4, -0.2) is 0 Å². The molecule has 0 bridgehead atoms. The maximum atomic E-state index is 12.9. The predicted octanol–water partition coefficient (Wildman–Crippen LogP) is 7.27. The van der Waals surface area contributed by atoms with Crippen molar-refractivity contribution in [2.75, 3.05) is 0 Å². The Bertz CT molecular complexity index is 687. The SMILES string of the molecule is FC(F)c1cc(-c2c(Cl)cc(Cl)cc2Cl)ccc1C(F)(F)F. The van der Waals surface area contributed by atoms with E-state index < -0.39 is 23.7 Å². The van der Waals surface area contributed by atoms with Gasteiger partial charge in [-0.2, -0.15) is 13.2 Å². The number of benzene rings is 2. The highest BCUT2D eigenvalue weighted by molar-refractivity contribution is 6.41. The van der Waals surface area contributed by atoms with E-state index in [-0.39, 0.29) is 26.2 Å². The quantitative estimate of drug-likeness (QED) is 0.484. The fourth-order valence-electron chi connectivity index (χ4n) is 1.97. The zero-order chi connectivity index (χ0) is 16.7. The molecule has 0 fully saturated rings. The summed E-state index contributed by atoms with van der Waals surface area (Å²) in [5.41, 5.74) is -2.34. The van der Waals surface area contributed by atoms with E-state index in [4.69, 9.17) is 34.8 Å². The Balaban J connectivity index is 2.67. The van der Waals surface area contributed by atoms with Gasteiger partial charge in [0, 0.05) is 16.1 Å². The topological polar surface area (TPSA) is 0 Å². The van der Waals surface area contributed by atoms with E-state index in [9.17, 15) is 22.0 Å². The minimum atomic E-state index is -4.88. The molecule has 0 amide bonds. The van der Waals surface area contributed by atoms with E-state index in [1.54, 1.807) is 0 Å². The molecular weight excluding hydrogens is 370 g/mol. The molecule has 22 heavy (non-hydrogen) atoms. The van der Waals surface area contributed by atoms with E-state index in [0.29, 0.717) is 6.07 Å². The molecule has 0 radical (unpaired) electrons. The lowest BCUT2D eigenvalue weighted by atomic mass is 9.98. The molecule has 0 atom stereocenters. The second-order valence-corrected chi connectivity index (χ2v) is 5.60. The van der Waals surface area contributed by atoms with Gasteiger partial charge in [0.05, 0.1) is 15.6 Å². The number of hydrogen-bond acceptors (Lipinski definition) is 0. The summed E-state index contributed by atoms with van der Waals surface area (Å²) in [4.78, 5) is 0. The van der Waals surface area contributed by atoms with Crippen LogP contribution in [0.2, 0.25) is 15.1 Å². The van der Waals surface area contributed by atoms with E-state index in [0.717, 1.165) is 12.1 Å². The molecule has 0 aromatic heterocycles. The molecule has 0 unspecified atom stereocenters. The van der Waals surface area contributed by atoms with E-state index >= 15 is 0 Å². The first-order chi connectivity index (χ1) is 10.1. The molecule has 118 valence electrons. The van der Waals surface area contributed by atoms with Crippen molar-refractivity contribution in [1.29, 1.82) is 0 Å². The second kappa shape index (κ2) is 6.22. The first-order valence-corrected chi connectivity index (χ1v) is 6.89. The standard InChI is InChI=1S/C14H6Cl3F5/c15-7-4-10(16)12(11(17)5-7)6-1-2-9(14(20,21)22)8(3-6)13(18)19/h1-5,13H. The van der Waals surface area contributed by atoms with Gasteiger partial charge in [-0.15, -0.1) is 0 Å². The third-order valence-corrected chi connectivity index (χ3v) is 3.70. The molecule has 2 aromatic rings. The zero-order valence-electron chi connectivity index (χ0n) is 10.5. The molecule has 0 spiro atoms. The zero-order valence-corrected chi connectivity index (χ0v) is 12.8. The van der Waals surface area contributed by atoms with Crippen LogP contribution in [0.3, 0.4) is 0 Å². The highest BCUT2D eigenvalue weighted by Crippen LogP contribution is 2.42. The van der Waals surface area contributed by atoms with Crippen LogP contribution in [0.25, 0.3) is 11.1 Å². The number of rotatable bonds is 2. The van der Waals surface area contributed by atoms with Crippen LogP contribution in [0.4, 0.5) is 22.0 Å². The largest absolute Gasteiger partial charge is 0.416 e. The van der Waals surface area contributed by atoms with Crippen molar-refractivity contribution in [3.8, 4) is 11.1 Å². The van der Waals surface area contributed by atoms with Gasteiger partial charge in [0.1, 0.15) is 0 Å². The average Bonchev–Trinajstić information content (AvgIpc) is 2.35. The van der Waals surface area contributed by atoms with Crippen molar-refractivity contribution in [3.05, 3.63) is 56.5 Å². The van der Waals surface area contributed by atoms with Crippen molar-refractivity contribution in [3.63, 3.8) is 0 Å². The van der Waals surface area contributed by atoms with Crippen LogP contribution < -0.4 is 0 Å². The molecular formula is C14H6Cl3F5. The first-order valence-electron chi connectivity index (χ1n) is 5.75. The van der Waals surface area contributed by atoms with Crippen LogP contribution >= 0.6 is 34.8 Å². The summed E-state index contributed by atoms with van der Waals surface area (Å²) in [5, 5.41) is 0.328. The number of alkyl halides is 5. The molecule has 2 aromatic carbocycles. The fraction of sp³-hybridized carbons (Fsp3) is 0.143. The summed E-state index contributed by atoms with van der Waals surface area (Å²) < 4.78 is 64.1. The third-order valence-electron chi connectivity index (χ3n) is 2.89. The van der Waals surface area contributed by atoms with Crippen molar-refractivity contribution >= 4 is 34.8 Å². The normalized spacial score (nSPS) is 12.0. The minimum absolute atomic E-state index is 0.0509. The molecule has 0 saturated carbocycles. The first kappa shape index (κ1) is 17.3. The lowest BCUT2D eigenvalue weighted by Gasteiger charge is -2.15. The van der Waals surface area contributed by atoms with Gasteiger partial charge >= 0.3 is 6.18 Å². The molecule has 0 aliphatic heterocycles. The smallest absolute Gasteiger partial charge is 0.205 e. The van der Waals surface area contributed by atoms with E-state index in [1.165, 1.54) is 12.1 Å². The highest BCUT2D eigenvalue weighted by atomic mass is 35.5. The summed E-state index contributed by atoms with van der Waals surface area (Å²) >= 11 is 17.6. The van der Waals surface area contributed by atoms with Crippen LogP contribution in [-0.2, 0) is 6.18 Å². The molecule has 0 aliphatic rings. The van der Waals surface area contributed by atoms with Crippen molar-refractivity contribution in [2.45, 2.75) is 12.6 Å². The summed E-state index contributed by atoms with van der Waals surface area (Å²) in [6.45, 7) is 0. The maximum absolute atomic E-state index is 12.9. The van der Waals surface area contributed by atoms with Gasteiger partial charge in [-0.05, 0) is 29.8 Å². The van der Waals surface area contributed by atoms with Gasteiger partial charge in [-0.1, -0.05) is 40.9 Å². The third kappa shape index (κ3) is 3.47. The summed E-state index contributed by atoms with van der Waals surface area (Å²) in [7, 11) is 0. The van der Waals surface area contributed by atoms with Crippen LogP contribution in [0, 0.1) is 0 Å². The van der Waals surface area contributed by atoms with Crippen LogP contribution in [0.15, 0.2) is 30.3 Å². The van der Waals surface area contributed by atoms with Crippen molar-refractivity contribution in [1.82, 2.24) is 0 Å². The summed E-state index contributed by atoms with van der Waals surface area (Å²) in [6, 6.07) is 5.00. The molecule has 0 heterocycles. The lowest BCUT2D eigenvalue weighted by Crippen LogP contribution is -2.09. The molecule has 8 heteroatoms. The lowest BCUT2D eigenvalue weighted by molar-refractivity contribution is -0.139. The van der Waals surface area contributed by atoms with E-state index in [2.05, 4.69) is 0 Å². The van der Waals surface area contributed by atoms with Crippen LogP contribution in [0.1, 0.15) is 17.6 Å². The highest BCUT2D eigenvalue weighted by Gasteiger charge is 2.35. The van der Waals surface area contributed by atoms with Crippen molar-refractivity contribution in [2.24, 2.45) is 0 Å². The molecule has 0 saturated heterocycles. The minimum Gasteiger partial charge on any atom is -0.205 e. The second-order valence-electron chi connectivity index (χ2n) is 4.34. The monoisotopic (exact) mass is 374 g/mol. The van der Waals surface area contributed by atoms with Gasteiger partial charge in [-0.25, -0.2) is 8.78 Å². The molecule has 0 nitrogen and oxygen atoms in total. The maximum Gasteiger partial charge on any atom is 0.416 e. The Morgan fingerprint density at radius 1 is 0.864 bits per heavy atom. The van der Waals surface area contributed by atoms with Gasteiger partial charge < -0.3 is 0 Å². The Morgan fingerprint density at radius 3 is 1.86 bits per heavy atom. The summed E-state index contributed by atoms with van der Waals surface area (Å²) in [5.74, 6) is 0.